The quantitative estimate of drug-likeness (QED) is 0.500. The Morgan fingerprint density at radius 1 is 1.62 bits per heavy atom. The number of esters is 1. The number of halogens is 2. The summed E-state index contributed by atoms with van der Waals surface area (Å²) in [6.45, 7) is 4.37. The summed E-state index contributed by atoms with van der Waals surface area (Å²) in [5.74, 6) is -2.09. The van der Waals surface area contributed by atoms with E-state index in [0.717, 1.165) is 0 Å². The van der Waals surface area contributed by atoms with Gasteiger partial charge >= 0.3 is 12.1 Å². The molecule has 1 fully saturated rings. The average molecular weight is 192 g/mol. The van der Waals surface area contributed by atoms with Crippen LogP contribution in [-0.4, -0.2) is 25.3 Å². The van der Waals surface area contributed by atoms with Crippen LogP contribution >= 0.6 is 0 Å². The van der Waals surface area contributed by atoms with Crippen LogP contribution in [0.3, 0.4) is 0 Å². The molecule has 13 heavy (non-hydrogen) atoms. The largest absolute Gasteiger partial charge is 0.407 e. The highest BCUT2D eigenvalue weighted by Crippen LogP contribution is 2.32. The Balaban J connectivity index is 2.50. The molecule has 1 rings (SSSR count). The second kappa shape index (κ2) is 3.41. The second-order valence-electron chi connectivity index (χ2n) is 2.97. The zero-order valence-corrected chi connectivity index (χ0v) is 7.18. The van der Waals surface area contributed by atoms with Crippen molar-refractivity contribution in [1.29, 1.82) is 0 Å². The SMILES string of the molecule is C=C(C)C(=O)OC(F)(F)C1COC1. The first kappa shape index (κ1) is 10.1. The van der Waals surface area contributed by atoms with Crippen molar-refractivity contribution in [3.05, 3.63) is 12.2 Å². The van der Waals surface area contributed by atoms with E-state index < -0.39 is 18.0 Å². The van der Waals surface area contributed by atoms with Gasteiger partial charge in [0.25, 0.3) is 0 Å². The van der Waals surface area contributed by atoms with Crippen LogP contribution in [0.25, 0.3) is 0 Å². The van der Waals surface area contributed by atoms with Crippen LogP contribution in [0.2, 0.25) is 0 Å². The molecular formula is C8H10F2O3. The highest BCUT2D eigenvalue weighted by molar-refractivity contribution is 5.87. The lowest BCUT2D eigenvalue weighted by molar-refractivity contribution is -0.294. The molecule has 0 aromatic carbocycles. The molecule has 5 heteroatoms. The lowest BCUT2D eigenvalue weighted by atomic mass is 10.1. The number of ether oxygens (including phenoxy) is 2. The first-order valence-corrected chi connectivity index (χ1v) is 3.78. The van der Waals surface area contributed by atoms with Gasteiger partial charge in [0, 0.05) is 5.57 Å². The summed E-state index contributed by atoms with van der Waals surface area (Å²) < 4.78 is 34.4. The van der Waals surface area contributed by atoms with E-state index in [1.165, 1.54) is 6.92 Å². The molecular weight excluding hydrogens is 182 g/mol. The Morgan fingerprint density at radius 3 is 2.46 bits per heavy atom. The van der Waals surface area contributed by atoms with E-state index in [2.05, 4.69) is 16.1 Å². The molecule has 1 heterocycles. The molecule has 0 aromatic rings. The number of carbonyl (C=O) groups excluding carboxylic acids is 1. The van der Waals surface area contributed by atoms with Crippen LogP contribution < -0.4 is 0 Å². The molecule has 0 unspecified atom stereocenters. The number of hydrogen-bond acceptors (Lipinski definition) is 3. The molecule has 0 amide bonds. The van der Waals surface area contributed by atoms with Gasteiger partial charge in [0.05, 0.1) is 13.2 Å². The summed E-state index contributed by atoms with van der Waals surface area (Å²) >= 11 is 0. The zero-order chi connectivity index (χ0) is 10.1. The normalized spacial score (nSPS) is 17.8. The third-order valence-corrected chi connectivity index (χ3v) is 1.69. The van der Waals surface area contributed by atoms with Crippen molar-refractivity contribution in [2.24, 2.45) is 5.92 Å². The standard InChI is InChI=1S/C8H10F2O3/c1-5(2)7(11)13-8(9,10)6-3-12-4-6/h6H,1,3-4H2,2H3. The molecule has 0 N–H and O–H groups in total. The van der Waals surface area contributed by atoms with Gasteiger partial charge in [-0.1, -0.05) is 6.58 Å². The summed E-state index contributed by atoms with van der Waals surface area (Å²) in [5.41, 5.74) is -0.0417. The Kier molecular flexibility index (Phi) is 2.66. The number of hydrogen-bond donors (Lipinski definition) is 0. The van der Waals surface area contributed by atoms with Crippen LogP contribution in [-0.2, 0) is 14.3 Å². The van der Waals surface area contributed by atoms with Gasteiger partial charge in [0.15, 0.2) is 0 Å². The molecule has 1 saturated heterocycles. The van der Waals surface area contributed by atoms with Crippen LogP contribution in [0.1, 0.15) is 6.92 Å². The van der Waals surface area contributed by atoms with Crippen LogP contribution in [0, 0.1) is 5.92 Å². The molecule has 0 saturated carbocycles. The van der Waals surface area contributed by atoms with Gasteiger partial charge in [-0.05, 0) is 6.92 Å². The van der Waals surface area contributed by atoms with Gasteiger partial charge in [-0.25, -0.2) is 4.79 Å². The predicted octanol–water partition coefficient (Wildman–Crippen LogP) is 1.34. The minimum Gasteiger partial charge on any atom is -0.397 e. The molecule has 3 nitrogen and oxygen atoms in total. The molecule has 0 radical (unpaired) electrons. The number of carbonyl (C=O) groups is 1. The Bertz CT molecular complexity index is 234. The van der Waals surface area contributed by atoms with Gasteiger partial charge in [0.1, 0.15) is 5.92 Å². The molecule has 0 aromatic heterocycles. The van der Waals surface area contributed by atoms with Gasteiger partial charge in [-0.2, -0.15) is 8.78 Å². The summed E-state index contributed by atoms with van der Waals surface area (Å²) in [7, 11) is 0. The van der Waals surface area contributed by atoms with Crippen molar-refractivity contribution < 1.29 is 23.0 Å². The fourth-order valence-corrected chi connectivity index (χ4v) is 0.724. The minimum absolute atomic E-state index is 0.0417. The summed E-state index contributed by atoms with van der Waals surface area (Å²) in [4.78, 5) is 10.8. The predicted molar refractivity (Wildman–Crippen MR) is 40.2 cm³/mol. The van der Waals surface area contributed by atoms with Gasteiger partial charge < -0.3 is 9.47 Å². The van der Waals surface area contributed by atoms with Crippen molar-refractivity contribution in [2.75, 3.05) is 13.2 Å². The van der Waals surface area contributed by atoms with Crippen molar-refractivity contribution >= 4 is 5.97 Å². The fraction of sp³-hybridized carbons (Fsp3) is 0.625. The maximum Gasteiger partial charge on any atom is 0.407 e. The maximum absolute atomic E-state index is 12.9. The lowest BCUT2D eigenvalue weighted by Gasteiger charge is -2.32. The van der Waals surface area contributed by atoms with E-state index >= 15 is 0 Å². The maximum atomic E-state index is 12.9. The van der Waals surface area contributed by atoms with Gasteiger partial charge in [0.2, 0.25) is 0 Å². The smallest absolute Gasteiger partial charge is 0.397 e. The monoisotopic (exact) mass is 192 g/mol. The molecule has 0 bridgehead atoms. The Labute approximate surface area is 74.3 Å². The molecule has 74 valence electrons. The van der Waals surface area contributed by atoms with E-state index in [-0.39, 0.29) is 18.8 Å². The van der Waals surface area contributed by atoms with Crippen molar-refractivity contribution in [3.63, 3.8) is 0 Å². The molecule has 0 atom stereocenters. The van der Waals surface area contributed by atoms with Gasteiger partial charge in [-0.15, -0.1) is 0 Å². The zero-order valence-electron chi connectivity index (χ0n) is 7.18. The number of alkyl halides is 2. The van der Waals surface area contributed by atoms with Crippen molar-refractivity contribution in [2.45, 2.75) is 13.0 Å². The van der Waals surface area contributed by atoms with E-state index in [4.69, 9.17) is 0 Å². The van der Waals surface area contributed by atoms with E-state index in [1.54, 1.807) is 0 Å². The van der Waals surface area contributed by atoms with Crippen molar-refractivity contribution in [3.8, 4) is 0 Å². The average Bonchev–Trinajstić information content (AvgIpc) is 1.79. The minimum atomic E-state index is -3.44. The Hall–Kier alpha value is -0.970. The molecule has 1 aliphatic heterocycles. The third kappa shape index (κ3) is 2.24. The van der Waals surface area contributed by atoms with E-state index in [1.807, 2.05) is 0 Å². The molecule has 0 aliphatic carbocycles. The number of rotatable bonds is 3. The first-order chi connectivity index (χ1) is 5.93. The van der Waals surface area contributed by atoms with Crippen LogP contribution in [0.4, 0.5) is 8.78 Å². The topological polar surface area (TPSA) is 35.5 Å². The summed E-state index contributed by atoms with van der Waals surface area (Å²) in [5, 5.41) is 0. The van der Waals surface area contributed by atoms with Gasteiger partial charge in [-0.3, -0.25) is 0 Å². The van der Waals surface area contributed by atoms with Crippen molar-refractivity contribution in [1.82, 2.24) is 0 Å². The summed E-state index contributed by atoms with van der Waals surface area (Å²) in [6.07, 6.45) is -3.44. The van der Waals surface area contributed by atoms with Crippen LogP contribution in [0.5, 0.6) is 0 Å². The van der Waals surface area contributed by atoms with Crippen LogP contribution in [0.15, 0.2) is 12.2 Å². The Morgan fingerprint density at radius 2 is 2.15 bits per heavy atom. The third-order valence-electron chi connectivity index (χ3n) is 1.69. The summed E-state index contributed by atoms with van der Waals surface area (Å²) in [6, 6.07) is 0. The lowest BCUT2D eigenvalue weighted by Crippen LogP contribution is -2.45. The van der Waals surface area contributed by atoms with E-state index in [9.17, 15) is 13.6 Å². The second-order valence-corrected chi connectivity index (χ2v) is 2.97. The highest BCUT2D eigenvalue weighted by Gasteiger charge is 2.48. The molecule has 1 aliphatic rings. The van der Waals surface area contributed by atoms with E-state index in [0.29, 0.717) is 0 Å². The molecule has 0 spiro atoms. The highest BCUT2D eigenvalue weighted by atomic mass is 19.3. The fourth-order valence-electron chi connectivity index (χ4n) is 0.724. The first-order valence-electron chi connectivity index (χ1n) is 3.78.